The normalized spacial score (nSPS) is 25.5. The van der Waals surface area contributed by atoms with Gasteiger partial charge in [-0.05, 0) is 19.8 Å². The van der Waals surface area contributed by atoms with Crippen molar-refractivity contribution in [3.63, 3.8) is 0 Å². The van der Waals surface area contributed by atoms with E-state index < -0.39 is 11.2 Å². The number of carbonyl (C=O) groups is 1. The molecule has 1 spiro atoms. The van der Waals surface area contributed by atoms with Crippen molar-refractivity contribution in [3.8, 4) is 0 Å². The standard InChI is InChI=1S/C16H23N3O5/c1-10-8-19(15(23)17-14(10)22)9-13(21)18-5-3-16(4-6-18)11(20)7-12(16)24-2/h8,11-12,20H,3-7,9H2,1-2H3,(H,17,22,23)/t11-,12+/m1/s1. The third kappa shape index (κ3) is 2.69. The van der Waals surface area contributed by atoms with Crippen LogP contribution in [0, 0.1) is 12.3 Å². The van der Waals surface area contributed by atoms with E-state index in [0.717, 1.165) is 0 Å². The number of carbonyl (C=O) groups excluding carboxylic acids is 1. The van der Waals surface area contributed by atoms with Crippen LogP contribution < -0.4 is 11.2 Å². The van der Waals surface area contributed by atoms with E-state index in [4.69, 9.17) is 4.74 Å². The van der Waals surface area contributed by atoms with Gasteiger partial charge in [0.2, 0.25) is 5.91 Å². The molecule has 0 bridgehead atoms. The second-order valence-corrected chi connectivity index (χ2v) is 6.79. The lowest BCUT2D eigenvalue weighted by atomic mass is 9.58. The molecular formula is C16H23N3O5. The van der Waals surface area contributed by atoms with E-state index in [1.807, 2.05) is 0 Å². The molecule has 1 saturated heterocycles. The number of hydrogen-bond donors (Lipinski definition) is 2. The van der Waals surface area contributed by atoms with Gasteiger partial charge in [-0.3, -0.25) is 19.1 Å². The average molecular weight is 337 g/mol. The minimum absolute atomic E-state index is 0.0502. The smallest absolute Gasteiger partial charge is 0.328 e. The van der Waals surface area contributed by atoms with Gasteiger partial charge in [-0.2, -0.15) is 0 Å². The number of H-pyrrole nitrogens is 1. The van der Waals surface area contributed by atoms with Crippen LogP contribution in [0.2, 0.25) is 0 Å². The summed E-state index contributed by atoms with van der Waals surface area (Å²) in [6, 6.07) is 0. The maximum Gasteiger partial charge on any atom is 0.328 e. The summed E-state index contributed by atoms with van der Waals surface area (Å²) in [7, 11) is 1.65. The highest BCUT2D eigenvalue weighted by molar-refractivity contribution is 5.76. The van der Waals surface area contributed by atoms with Crippen molar-refractivity contribution in [1.82, 2.24) is 14.5 Å². The van der Waals surface area contributed by atoms with Crippen molar-refractivity contribution in [3.05, 3.63) is 32.6 Å². The Kier molecular flexibility index (Phi) is 4.35. The van der Waals surface area contributed by atoms with Gasteiger partial charge in [-0.25, -0.2) is 4.79 Å². The summed E-state index contributed by atoms with van der Waals surface area (Å²) in [5.41, 5.74) is -0.869. The fraction of sp³-hybridized carbons (Fsp3) is 0.688. The number of aromatic nitrogens is 2. The molecule has 8 nitrogen and oxygen atoms in total. The molecule has 1 aromatic heterocycles. The molecule has 2 atom stereocenters. The monoisotopic (exact) mass is 337 g/mol. The van der Waals surface area contributed by atoms with Gasteiger partial charge in [-0.15, -0.1) is 0 Å². The molecule has 1 aliphatic carbocycles. The maximum atomic E-state index is 12.4. The molecule has 1 aromatic rings. The fourth-order valence-electron chi connectivity index (χ4n) is 3.87. The van der Waals surface area contributed by atoms with E-state index in [1.165, 1.54) is 10.8 Å². The molecule has 8 heteroatoms. The molecule has 1 saturated carbocycles. The zero-order valence-electron chi connectivity index (χ0n) is 13.9. The maximum absolute atomic E-state index is 12.4. The van der Waals surface area contributed by atoms with Gasteiger partial charge in [-0.1, -0.05) is 0 Å². The lowest BCUT2D eigenvalue weighted by Crippen LogP contribution is -2.62. The van der Waals surface area contributed by atoms with Gasteiger partial charge in [0.1, 0.15) is 6.54 Å². The predicted octanol–water partition coefficient (Wildman–Crippen LogP) is -0.767. The van der Waals surface area contributed by atoms with Crippen molar-refractivity contribution in [2.45, 2.75) is 44.9 Å². The summed E-state index contributed by atoms with van der Waals surface area (Å²) in [6.07, 6.45) is 3.12. The number of aliphatic hydroxyl groups excluding tert-OH is 1. The van der Waals surface area contributed by atoms with E-state index in [-0.39, 0.29) is 30.1 Å². The predicted molar refractivity (Wildman–Crippen MR) is 85.7 cm³/mol. The van der Waals surface area contributed by atoms with Crippen molar-refractivity contribution >= 4 is 5.91 Å². The first-order valence-corrected chi connectivity index (χ1v) is 8.16. The Bertz CT molecular complexity index is 745. The van der Waals surface area contributed by atoms with E-state index in [1.54, 1.807) is 18.9 Å². The zero-order valence-corrected chi connectivity index (χ0v) is 13.9. The van der Waals surface area contributed by atoms with Gasteiger partial charge in [0, 0.05) is 43.8 Å². The molecule has 2 fully saturated rings. The number of methoxy groups -OCH3 is 1. The molecule has 1 amide bonds. The van der Waals surface area contributed by atoms with Crippen LogP contribution in [0.4, 0.5) is 0 Å². The van der Waals surface area contributed by atoms with Crippen LogP contribution in [0.25, 0.3) is 0 Å². The first-order valence-electron chi connectivity index (χ1n) is 8.16. The molecule has 0 unspecified atom stereocenters. The molecule has 132 valence electrons. The highest BCUT2D eigenvalue weighted by Crippen LogP contribution is 2.50. The number of likely N-dealkylation sites (tertiary alicyclic amines) is 1. The number of amides is 1. The summed E-state index contributed by atoms with van der Waals surface area (Å²) in [5, 5.41) is 10.1. The van der Waals surface area contributed by atoms with E-state index >= 15 is 0 Å². The number of piperidine rings is 1. The molecular weight excluding hydrogens is 314 g/mol. The number of nitrogens with zero attached hydrogens (tertiary/aromatic N) is 2. The van der Waals surface area contributed by atoms with Crippen LogP contribution in [-0.2, 0) is 16.1 Å². The molecule has 2 heterocycles. The highest BCUT2D eigenvalue weighted by atomic mass is 16.5. The van der Waals surface area contributed by atoms with E-state index in [9.17, 15) is 19.5 Å². The summed E-state index contributed by atoms with van der Waals surface area (Å²) >= 11 is 0. The quantitative estimate of drug-likeness (QED) is 0.754. The second-order valence-electron chi connectivity index (χ2n) is 6.79. The van der Waals surface area contributed by atoms with Gasteiger partial charge >= 0.3 is 5.69 Å². The Morgan fingerprint density at radius 3 is 2.67 bits per heavy atom. The molecule has 2 N–H and O–H groups in total. The average Bonchev–Trinajstić information content (AvgIpc) is 2.57. The van der Waals surface area contributed by atoms with Crippen molar-refractivity contribution in [2.24, 2.45) is 5.41 Å². The third-order valence-corrected chi connectivity index (χ3v) is 5.57. The van der Waals surface area contributed by atoms with Crippen LogP contribution in [0.3, 0.4) is 0 Å². The zero-order chi connectivity index (χ0) is 17.5. The Morgan fingerprint density at radius 1 is 1.42 bits per heavy atom. The topological polar surface area (TPSA) is 105 Å². The third-order valence-electron chi connectivity index (χ3n) is 5.57. The molecule has 0 radical (unpaired) electrons. The number of hydrogen-bond acceptors (Lipinski definition) is 5. The van der Waals surface area contributed by atoms with Gasteiger partial charge in [0.15, 0.2) is 0 Å². The van der Waals surface area contributed by atoms with Crippen molar-refractivity contribution in [1.29, 1.82) is 0 Å². The Balaban J connectivity index is 1.65. The summed E-state index contributed by atoms with van der Waals surface area (Å²) < 4.78 is 6.66. The molecule has 24 heavy (non-hydrogen) atoms. The van der Waals surface area contributed by atoms with Crippen LogP contribution in [0.1, 0.15) is 24.8 Å². The van der Waals surface area contributed by atoms with Crippen molar-refractivity contribution in [2.75, 3.05) is 20.2 Å². The summed E-state index contributed by atoms with van der Waals surface area (Å²) in [4.78, 5) is 39.5. The summed E-state index contributed by atoms with van der Waals surface area (Å²) in [6.45, 7) is 2.56. The van der Waals surface area contributed by atoms with Crippen LogP contribution in [0.5, 0.6) is 0 Å². The second kappa shape index (κ2) is 6.18. The first-order chi connectivity index (χ1) is 11.4. The van der Waals surface area contributed by atoms with Crippen LogP contribution in [-0.4, -0.2) is 57.9 Å². The SMILES string of the molecule is CO[C@H]1C[C@@H](O)C12CCN(C(=O)Cn1cc(C)c(=O)[nH]c1=O)CC2. The molecule has 1 aliphatic heterocycles. The summed E-state index contributed by atoms with van der Waals surface area (Å²) in [5.74, 6) is -0.166. The van der Waals surface area contributed by atoms with Crippen LogP contribution in [0.15, 0.2) is 15.8 Å². The number of nitrogens with one attached hydrogen (secondary N) is 1. The van der Waals surface area contributed by atoms with Gasteiger partial charge in [0.05, 0.1) is 12.2 Å². The number of aryl methyl sites for hydroxylation is 1. The number of aliphatic hydroxyl groups is 1. The molecule has 3 rings (SSSR count). The highest BCUT2D eigenvalue weighted by Gasteiger charge is 2.56. The van der Waals surface area contributed by atoms with E-state index in [2.05, 4.69) is 4.98 Å². The van der Waals surface area contributed by atoms with Gasteiger partial charge in [0.25, 0.3) is 5.56 Å². The molecule has 2 aliphatic rings. The lowest BCUT2D eigenvalue weighted by molar-refractivity contribution is -0.202. The van der Waals surface area contributed by atoms with Gasteiger partial charge < -0.3 is 14.7 Å². The lowest BCUT2D eigenvalue weighted by Gasteiger charge is -2.56. The molecule has 0 aromatic carbocycles. The minimum Gasteiger partial charge on any atom is -0.392 e. The van der Waals surface area contributed by atoms with Crippen molar-refractivity contribution < 1.29 is 14.6 Å². The first kappa shape index (κ1) is 16.9. The largest absolute Gasteiger partial charge is 0.392 e. The minimum atomic E-state index is -0.582. The van der Waals surface area contributed by atoms with Crippen LogP contribution >= 0.6 is 0 Å². The Morgan fingerprint density at radius 2 is 2.08 bits per heavy atom. The Labute approximate surface area is 139 Å². The fourth-order valence-corrected chi connectivity index (χ4v) is 3.87. The number of ether oxygens (including phenoxy) is 1. The number of aromatic amines is 1. The number of rotatable bonds is 3. The Hall–Kier alpha value is -1.93. The van der Waals surface area contributed by atoms with E-state index in [0.29, 0.717) is 37.9 Å².